The zero-order valence-electron chi connectivity index (χ0n) is 15.0. The van der Waals surface area contributed by atoms with Crippen molar-refractivity contribution in [2.75, 3.05) is 57.8 Å². The Hall–Kier alpha value is -1.20. The van der Waals surface area contributed by atoms with Crippen molar-refractivity contribution in [3.05, 3.63) is 17.5 Å². The van der Waals surface area contributed by atoms with Gasteiger partial charge < -0.3 is 9.80 Å². The quantitative estimate of drug-likeness (QED) is 0.846. The van der Waals surface area contributed by atoms with E-state index in [1.165, 1.54) is 43.7 Å². The molecule has 2 fully saturated rings. The minimum absolute atomic E-state index is 0.850. The van der Waals surface area contributed by atoms with E-state index >= 15 is 0 Å². The van der Waals surface area contributed by atoms with E-state index in [1.54, 1.807) is 0 Å². The highest BCUT2D eigenvalue weighted by molar-refractivity contribution is 5.33. The van der Waals surface area contributed by atoms with Gasteiger partial charge in [0.25, 0.3) is 0 Å². The third-order valence-electron chi connectivity index (χ3n) is 5.29. The number of piperidine rings is 1. The number of anilines is 1. The van der Waals surface area contributed by atoms with Crippen LogP contribution in [-0.2, 0) is 6.42 Å². The molecule has 0 aromatic carbocycles. The van der Waals surface area contributed by atoms with E-state index in [1.807, 2.05) is 6.20 Å². The van der Waals surface area contributed by atoms with Crippen molar-refractivity contribution < 1.29 is 0 Å². The fraction of sp³-hybridized carbons (Fsp3) is 0.778. The Kier molecular flexibility index (Phi) is 5.49. The maximum Gasteiger partial charge on any atom is 0.225 e. The fourth-order valence-corrected chi connectivity index (χ4v) is 3.89. The number of rotatable bonds is 4. The summed E-state index contributed by atoms with van der Waals surface area (Å²) in [5.74, 6) is 1.77. The highest BCUT2D eigenvalue weighted by atomic mass is 15.3. The van der Waals surface area contributed by atoms with Crippen LogP contribution in [0.2, 0.25) is 0 Å². The molecule has 23 heavy (non-hydrogen) atoms. The Labute approximate surface area is 140 Å². The largest absolute Gasteiger partial charge is 0.338 e. The molecule has 0 spiro atoms. The van der Waals surface area contributed by atoms with Crippen LogP contribution in [0.3, 0.4) is 0 Å². The van der Waals surface area contributed by atoms with Crippen LogP contribution < -0.4 is 4.90 Å². The Morgan fingerprint density at radius 1 is 1.17 bits per heavy atom. The minimum Gasteiger partial charge on any atom is -0.338 e. The molecule has 1 atom stereocenters. The van der Waals surface area contributed by atoms with Gasteiger partial charge in [-0.1, -0.05) is 6.92 Å². The summed E-state index contributed by atoms with van der Waals surface area (Å²) in [6.07, 6.45) is 5.71. The molecule has 0 radical (unpaired) electrons. The van der Waals surface area contributed by atoms with Crippen LogP contribution >= 0.6 is 0 Å². The second kappa shape index (κ2) is 7.58. The number of likely N-dealkylation sites (tertiary alicyclic amines) is 1. The average molecular weight is 317 g/mol. The summed E-state index contributed by atoms with van der Waals surface area (Å²) in [5, 5.41) is 0. The topological polar surface area (TPSA) is 35.5 Å². The molecule has 1 aromatic heterocycles. The lowest BCUT2D eigenvalue weighted by molar-refractivity contribution is 0.147. The predicted molar refractivity (Wildman–Crippen MR) is 95.0 cm³/mol. The molecule has 0 saturated carbocycles. The maximum atomic E-state index is 4.75. The van der Waals surface area contributed by atoms with Crippen molar-refractivity contribution in [3.8, 4) is 0 Å². The molecule has 0 N–H and O–H groups in total. The second-order valence-corrected chi connectivity index (χ2v) is 7.21. The SMILES string of the molecule is CCc1nc(N2CCN(C[C@@H]3CCCN(C)C3)CC2)ncc1C. The molecule has 0 aliphatic carbocycles. The highest BCUT2D eigenvalue weighted by Gasteiger charge is 2.24. The lowest BCUT2D eigenvalue weighted by Gasteiger charge is -2.38. The van der Waals surface area contributed by atoms with Gasteiger partial charge in [0.2, 0.25) is 5.95 Å². The number of hydrogen-bond donors (Lipinski definition) is 0. The third kappa shape index (κ3) is 4.21. The molecule has 0 unspecified atom stereocenters. The van der Waals surface area contributed by atoms with Crippen LogP contribution in [0.25, 0.3) is 0 Å². The van der Waals surface area contributed by atoms with Crippen molar-refractivity contribution in [1.29, 1.82) is 0 Å². The lowest BCUT2D eigenvalue weighted by Crippen LogP contribution is -2.49. The van der Waals surface area contributed by atoms with Gasteiger partial charge in [-0.25, -0.2) is 9.97 Å². The zero-order chi connectivity index (χ0) is 16.2. The molecule has 3 rings (SSSR count). The van der Waals surface area contributed by atoms with E-state index in [0.717, 1.165) is 44.5 Å². The van der Waals surface area contributed by atoms with Gasteiger partial charge >= 0.3 is 0 Å². The fourth-order valence-electron chi connectivity index (χ4n) is 3.89. The minimum atomic E-state index is 0.850. The Morgan fingerprint density at radius 3 is 2.65 bits per heavy atom. The second-order valence-electron chi connectivity index (χ2n) is 7.21. The van der Waals surface area contributed by atoms with Gasteiger partial charge in [0, 0.05) is 51.2 Å². The summed E-state index contributed by atoms with van der Waals surface area (Å²) in [7, 11) is 2.25. The normalized spacial score (nSPS) is 24.1. The number of nitrogens with zero attached hydrogens (tertiary/aromatic N) is 5. The molecule has 0 amide bonds. The molecular formula is C18H31N5. The van der Waals surface area contributed by atoms with Crippen molar-refractivity contribution in [2.45, 2.75) is 33.1 Å². The van der Waals surface area contributed by atoms with Crippen LogP contribution in [0, 0.1) is 12.8 Å². The molecule has 5 heteroatoms. The van der Waals surface area contributed by atoms with E-state index in [2.05, 4.69) is 40.6 Å². The van der Waals surface area contributed by atoms with Crippen LogP contribution in [0.5, 0.6) is 0 Å². The third-order valence-corrected chi connectivity index (χ3v) is 5.29. The molecule has 2 saturated heterocycles. The molecule has 2 aliphatic rings. The predicted octanol–water partition coefficient (Wildman–Crippen LogP) is 1.81. The molecule has 0 bridgehead atoms. The van der Waals surface area contributed by atoms with Crippen LogP contribution in [0.15, 0.2) is 6.20 Å². The van der Waals surface area contributed by atoms with Crippen molar-refractivity contribution >= 4 is 5.95 Å². The maximum absolute atomic E-state index is 4.75. The lowest BCUT2D eigenvalue weighted by atomic mass is 9.97. The van der Waals surface area contributed by atoms with Crippen molar-refractivity contribution in [1.82, 2.24) is 19.8 Å². The van der Waals surface area contributed by atoms with E-state index in [-0.39, 0.29) is 0 Å². The molecule has 3 heterocycles. The Balaban J connectivity index is 1.52. The summed E-state index contributed by atoms with van der Waals surface area (Å²) < 4.78 is 0. The summed E-state index contributed by atoms with van der Waals surface area (Å²) in [6.45, 7) is 12.4. The van der Waals surface area contributed by atoms with Gasteiger partial charge in [-0.2, -0.15) is 0 Å². The average Bonchev–Trinajstić information content (AvgIpc) is 2.56. The van der Waals surface area contributed by atoms with Gasteiger partial charge in [0.05, 0.1) is 0 Å². The number of piperazine rings is 1. The van der Waals surface area contributed by atoms with Gasteiger partial charge in [0.1, 0.15) is 0 Å². The number of hydrogen-bond acceptors (Lipinski definition) is 5. The molecule has 1 aromatic rings. The van der Waals surface area contributed by atoms with Gasteiger partial charge in [-0.3, -0.25) is 4.90 Å². The molecule has 2 aliphatic heterocycles. The van der Waals surface area contributed by atoms with Crippen LogP contribution in [0.1, 0.15) is 31.0 Å². The van der Waals surface area contributed by atoms with Crippen molar-refractivity contribution in [3.63, 3.8) is 0 Å². The smallest absolute Gasteiger partial charge is 0.225 e. The van der Waals surface area contributed by atoms with E-state index in [9.17, 15) is 0 Å². The number of aromatic nitrogens is 2. The van der Waals surface area contributed by atoms with Gasteiger partial charge in [-0.05, 0) is 51.3 Å². The van der Waals surface area contributed by atoms with Gasteiger partial charge in [-0.15, -0.1) is 0 Å². The van der Waals surface area contributed by atoms with Crippen LogP contribution in [0.4, 0.5) is 5.95 Å². The summed E-state index contributed by atoms with van der Waals surface area (Å²) >= 11 is 0. The van der Waals surface area contributed by atoms with Gasteiger partial charge in [0.15, 0.2) is 0 Å². The summed E-state index contributed by atoms with van der Waals surface area (Å²) in [4.78, 5) is 16.8. The first-order chi connectivity index (χ1) is 11.2. The first kappa shape index (κ1) is 16.7. The van der Waals surface area contributed by atoms with E-state index in [4.69, 9.17) is 4.98 Å². The molecule has 5 nitrogen and oxygen atoms in total. The monoisotopic (exact) mass is 317 g/mol. The Morgan fingerprint density at radius 2 is 1.96 bits per heavy atom. The first-order valence-corrected chi connectivity index (χ1v) is 9.14. The van der Waals surface area contributed by atoms with E-state index < -0.39 is 0 Å². The van der Waals surface area contributed by atoms with E-state index in [0.29, 0.717) is 0 Å². The first-order valence-electron chi connectivity index (χ1n) is 9.14. The molecule has 128 valence electrons. The Bertz CT molecular complexity index is 510. The highest BCUT2D eigenvalue weighted by Crippen LogP contribution is 2.19. The van der Waals surface area contributed by atoms with Crippen LogP contribution in [-0.4, -0.2) is 72.6 Å². The molecular weight excluding hydrogens is 286 g/mol. The number of aryl methyl sites for hydroxylation is 2. The standard InChI is InChI=1S/C18H31N5/c1-4-17-15(2)12-19-18(20-17)23-10-8-22(9-11-23)14-16-6-5-7-21(3)13-16/h12,16H,4-11,13-14H2,1-3H3/t16-/m1/s1. The zero-order valence-corrected chi connectivity index (χ0v) is 15.0. The van der Waals surface area contributed by atoms with Crippen molar-refractivity contribution in [2.24, 2.45) is 5.92 Å². The summed E-state index contributed by atoms with van der Waals surface area (Å²) in [6, 6.07) is 0. The summed E-state index contributed by atoms with van der Waals surface area (Å²) in [5.41, 5.74) is 2.39.